The van der Waals surface area contributed by atoms with E-state index in [1.807, 2.05) is 0 Å². The van der Waals surface area contributed by atoms with Crippen LogP contribution in [-0.2, 0) is 6.61 Å². The highest BCUT2D eigenvalue weighted by Crippen LogP contribution is 2.68. The number of fused-ring (bicyclic) bond motifs is 2. The fourth-order valence-electron chi connectivity index (χ4n) is 4.39. The molecule has 152 valence electrons. The second kappa shape index (κ2) is 9.16. The van der Waals surface area contributed by atoms with Gasteiger partial charge in [0.15, 0.2) is 0 Å². The van der Waals surface area contributed by atoms with Gasteiger partial charge in [-0.05, 0) is 38.2 Å². The van der Waals surface area contributed by atoms with E-state index >= 15 is 0 Å². The minimum absolute atomic E-state index is 0.175. The third-order valence-corrected chi connectivity index (χ3v) is 12.6. The van der Waals surface area contributed by atoms with E-state index in [0.29, 0.717) is 0 Å². The van der Waals surface area contributed by atoms with Crippen LogP contribution in [0.3, 0.4) is 0 Å². The molecule has 0 aromatic heterocycles. The van der Waals surface area contributed by atoms with Crippen LogP contribution in [0.25, 0.3) is 0 Å². The van der Waals surface area contributed by atoms with Crippen molar-refractivity contribution in [3.8, 4) is 0 Å². The lowest BCUT2D eigenvalue weighted by Gasteiger charge is -2.27. The molecule has 1 N–H and O–H groups in total. The van der Waals surface area contributed by atoms with Crippen molar-refractivity contribution < 1.29 is 5.11 Å². The number of hydrogen-bond donors (Lipinski definition) is 1. The first-order valence-corrected chi connectivity index (χ1v) is 13.8. The number of rotatable bonds is 9. The summed E-state index contributed by atoms with van der Waals surface area (Å²) in [6.45, 7) is 11.7. The first-order valence-electron chi connectivity index (χ1n) is 10.5. The Kier molecular flexibility index (Phi) is 7.55. The molecule has 27 heavy (non-hydrogen) atoms. The maximum absolute atomic E-state index is 10.4. The van der Waals surface area contributed by atoms with Crippen LogP contribution in [-0.4, -0.2) is 13.3 Å². The second-order valence-electron chi connectivity index (χ2n) is 7.81. The molecule has 5 heteroatoms. The minimum Gasteiger partial charge on any atom is -0.392 e. The van der Waals surface area contributed by atoms with Gasteiger partial charge in [-0.1, -0.05) is 53.4 Å². The molecular weight excluding hydrogens is 409 g/mol. The van der Waals surface area contributed by atoms with Crippen molar-refractivity contribution in [2.45, 2.75) is 120 Å². The van der Waals surface area contributed by atoms with E-state index in [0.717, 1.165) is 0 Å². The highest BCUT2D eigenvalue weighted by molar-refractivity contribution is 8.21. The number of benzene rings is 1. The van der Waals surface area contributed by atoms with Crippen LogP contribution in [0.1, 0.15) is 90.2 Å². The largest absolute Gasteiger partial charge is 0.392 e. The predicted molar refractivity (Wildman–Crippen MR) is 126 cm³/mol. The Labute approximate surface area is 183 Å². The van der Waals surface area contributed by atoms with Gasteiger partial charge in [0, 0.05) is 25.1 Å². The summed E-state index contributed by atoms with van der Waals surface area (Å²) < 4.78 is 0.545. The summed E-state index contributed by atoms with van der Waals surface area (Å²) >= 11 is 8.36. The third kappa shape index (κ3) is 4.10. The van der Waals surface area contributed by atoms with Gasteiger partial charge in [-0.3, -0.25) is 0 Å². The minimum atomic E-state index is 0.175. The van der Waals surface area contributed by atoms with Crippen molar-refractivity contribution in [3.63, 3.8) is 0 Å². The standard InChI is InChI=1S/C22H34OS4/c1-6-10-21(11-7-2)24-17-15(5)18-20(16(14-23)19(17)26-21)27-22(25-18,12-8-3)13-9-4/h23H,6-14H2,1-5H3. The molecule has 0 unspecified atom stereocenters. The van der Waals surface area contributed by atoms with Crippen LogP contribution < -0.4 is 0 Å². The predicted octanol–water partition coefficient (Wildman–Crippen LogP) is 8.48. The van der Waals surface area contributed by atoms with Gasteiger partial charge in [0.2, 0.25) is 0 Å². The third-order valence-electron chi connectivity index (χ3n) is 5.48. The summed E-state index contributed by atoms with van der Waals surface area (Å²) in [6.07, 6.45) is 9.88. The van der Waals surface area contributed by atoms with Gasteiger partial charge in [0.25, 0.3) is 0 Å². The lowest BCUT2D eigenvalue weighted by Crippen LogP contribution is -2.16. The van der Waals surface area contributed by atoms with E-state index in [2.05, 4.69) is 81.7 Å². The summed E-state index contributed by atoms with van der Waals surface area (Å²) in [5.74, 6) is 0. The van der Waals surface area contributed by atoms with Crippen molar-refractivity contribution in [1.29, 1.82) is 0 Å². The van der Waals surface area contributed by atoms with Crippen molar-refractivity contribution in [3.05, 3.63) is 11.1 Å². The van der Waals surface area contributed by atoms with E-state index in [-0.39, 0.29) is 14.8 Å². The van der Waals surface area contributed by atoms with Gasteiger partial charge in [-0.15, -0.1) is 47.0 Å². The topological polar surface area (TPSA) is 20.2 Å². The van der Waals surface area contributed by atoms with E-state index in [1.54, 1.807) is 0 Å². The molecule has 0 spiro atoms. The Balaban J connectivity index is 2.05. The molecule has 2 heterocycles. The molecule has 0 saturated carbocycles. The van der Waals surface area contributed by atoms with E-state index in [1.165, 1.54) is 82.1 Å². The zero-order valence-corrected chi connectivity index (χ0v) is 20.7. The summed E-state index contributed by atoms with van der Waals surface area (Å²) in [7, 11) is 0. The molecule has 1 aromatic rings. The monoisotopic (exact) mass is 442 g/mol. The molecule has 0 amide bonds. The zero-order chi connectivity index (χ0) is 19.7. The quantitative estimate of drug-likeness (QED) is 0.412. The maximum Gasteiger partial charge on any atom is 0.0706 e. The van der Waals surface area contributed by atoms with E-state index < -0.39 is 0 Å². The SMILES string of the molecule is CCCC1(CCC)Sc2c(C)c3c(c(CO)c2S1)SC(CCC)(CCC)S3. The summed E-state index contributed by atoms with van der Waals surface area (Å²) in [5.41, 5.74) is 2.71. The summed E-state index contributed by atoms with van der Waals surface area (Å²) in [5, 5.41) is 10.4. The van der Waals surface area contributed by atoms with Gasteiger partial charge in [-0.25, -0.2) is 0 Å². The molecule has 2 aliphatic rings. The molecular formula is C22H34OS4. The number of aliphatic hydroxyl groups is 1. The first kappa shape index (κ1) is 22.3. The van der Waals surface area contributed by atoms with Crippen molar-refractivity contribution in [2.75, 3.05) is 0 Å². The molecule has 2 aliphatic heterocycles. The van der Waals surface area contributed by atoms with Crippen LogP contribution in [0.2, 0.25) is 0 Å². The molecule has 0 bridgehead atoms. The highest BCUT2D eigenvalue weighted by atomic mass is 32.2. The van der Waals surface area contributed by atoms with Crippen molar-refractivity contribution in [1.82, 2.24) is 0 Å². The first-order chi connectivity index (χ1) is 13.0. The molecule has 0 fully saturated rings. The van der Waals surface area contributed by atoms with Crippen LogP contribution >= 0.6 is 47.0 Å². The summed E-state index contributed by atoms with van der Waals surface area (Å²) in [4.78, 5) is 5.75. The van der Waals surface area contributed by atoms with Gasteiger partial charge >= 0.3 is 0 Å². The molecule has 1 aromatic carbocycles. The Morgan fingerprint density at radius 2 is 0.963 bits per heavy atom. The smallest absolute Gasteiger partial charge is 0.0706 e. The number of thioether (sulfide) groups is 4. The van der Waals surface area contributed by atoms with Crippen molar-refractivity contribution >= 4 is 47.0 Å². The lowest BCUT2D eigenvalue weighted by molar-refractivity contribution is 0.274. The van der Waals surface area contributed by atoms with Crippen LogP contribution in [0.5, 0.6) is 0 Å². The van der Waals surface area contributed by atoms with Crippen LogP contribution in [0.4, 0.5) is 0 Å². The van der Waals surface area contributed by atoms with Crippen LogP contribution in [0, 0.1) is 6.92 Å². The van der Waals surface area contributed by atoms with Gasteiger partial charge in [0.1, 0.15) is 0 Å². The zero-order valence-electron chi connectivity index (χ0n) is 17.4. The fourth-order valence-corrected chi connectivity index (χ4v) is 12.3. The Hall–Kier alpha value is 0.580. The molecule has 0 atom stereocenters. The molecule has 0 radical (unpaired) electrons. The second-order valence-corrected chi connectivity index (χ2v) is 13.9. The van der Waals surface area contributed by atoms with Gasteiger partial charge in [-0.2, -0.15) is 0 Å². The van der Waals surface area contributed by atoms with Crippen LogP contribution in [0.15, 0.2) is 19.6 Å². The lowest BCUT2D eigenvalue weighted by atomic mass is 10.1. The molecule has 1 nitrogen and oxygen atoms in total. The van der Waals surface area contributed by atoms with Gasteiger partial charge < -0.3 is 5.11 Å². The molecule has 0 saturated heterocycles. The maximum atomic E-state index is 10.4. The summed E-state index contributed by atoms with van der Waals surface area (Å²) in [6, 6.07) is 0. The number of hydrogen-bond acceptors (Lipinski definition) is 5. The van der Waals surface area contributed by atoms with Crippen molar-refractivity contribution in [2.24, 2.45) is 0 Å². The normalized spacial score (nSPS) is 19.3. The van der Waals surface area contributed by atoms with E-state index in [9.17, 15) is 5.11 Å². The Bertz CT molecular complexity index is 620. The van der Waals surface area contributed by atoms with Gasteiger partial charge in [0.05, 0.1) is 14.8 Å². The number of aliphatic hydroxyl groups excluding tert-OH is 1. The average molecular weight is 443 g/mol. The Morgan fingerprint density at radius 1 is 0.630 bits per heavy atom. The molecule has 3 rings (SSSR count). The fraction of sp³-hybridized carbons (Fsp3) is 0.727. The molecule has 0 aliphatic carbocycles. The van der Waals surface area contributed by atoms with E-state index in [4.69, 9.17) is 0 Å². The highest BCUT2D eigenvalue weighted by Gasteiger charge is 2.46. The Morgan fingerprint density at radius 3 is 1.26 bits per heavy atom. The average Bonchev–Trinajstić information content (AvgIpc) is 3.17.